The fraction of sp³-hybridized carbons (Fsp3) is 0.538. The van der Waals surface area contributed by atoms with Crippen LogP contribution in [-0.2, 0) is 6.54 Å². The van der Waals surface area contributed by atoms with E-state index in [2.05, 4.69) is 4.90 Å². The van der Waals surface area contributed by atoms with Gasteiger partial charge in [0.25, 0.3) is 0 Å². The monoisotopic (exact) mass is 238 g/mol. The van der Waals surface area contributed by atoms with E-state index < -0.39 is 11.6 Å². The molecular formula is C13H16F2N2. The van der Waals surface area contributed by atoms with E-state index >= 15 is 0 Å². The molecule has 2 nitrogen and oxygen atoms in total. The normalized spacial score (nSPS) is 23.5. The van der Waals surface area contributed by atoms with E-state index in [1.165, 1.54) is 25.0 Å². The Morgan fingerprint density at radius 3 is 2.59 bits per heavy atom. The molecule has 1 saturated carbocycles. The van der Waals surface area contributed by atoms with Crippen LogP contribution in [0.3, 0.4) is 0 Å². The molecule has 1 heterocycles. The van der Waals surface area contributed by atoms with Crippen molar-refractivity contribution in [3.8, 4) is 0 Å². The summed E-state index contributed by atoms with van der Waals surface area (Å²) in [7, 11) is 0. The summed E-state index contributed by atoms with van der Waals surface area (Å²) in [6.07, 6.45) is 2.46. The molecule has 2 fully saturated rings. The summed E-state index contributed by atoms with van der Waals surface area (Å²) in [5.41, 5.74) is 6.72. The zero-order valence-electron chi connectivity index (χ0n) is 9.63. The van der Waals surface area contributed by atoms with Gasteiger partial charge in [0.1, 0.15) is 11.6 Å². The lowest BCUT2D eigenvalue weighted by atomic mass is 9.85. The number of hydrogen-bond acceptors (Lipinski definition) is 2. The molecule has 0 amide bonds. The van der Waals surface area contributed by atoms with Crippen LogP contribution in [0.15, 0.2) is 18.2 Å². The van der Waals surface area contributed by atoms with Crippen molar-refractivity contribution in [2.24, 2.45) is 11.7 Å². The van der Waals surface area contributed by atoms with Crippen molar-refractivity contribution in [1.29, 1.82) is 0 Å². The Hall–Kier alpha value is -1.00. The van der Waals surface area contributed by atoms with Gasteiger partial charge in [-0.25, -0.2) is 8.78 Å². The summed E-state index contributed by atoms with van der Waals surface area (Å²) < 4.78 is 26.2. The first kappa shape index (κ1) is 11.1. The van der Waals surface area contributed by atoms with Crippen molar-refractivity contribution >= 4 is 0 Å². The maximum absolute atomic E-state index is 13.4. The third kappa shape index (κ3) is 2.07. The first-order valence-electron chi connectivity index (χ1n) is 6.02. The highest BCUT2D eigenvalue weighted by Crippen LogP contribution is 2.43. The van der Waals surface area contributed by atoms with Crippen molar-refractivity contribution in [1.82, 2.24) is 4.90 Å². The molecule has 0 unspecified atom stereocenters. The van der Waals surface area contributed by atoms with Gasteiger partial charge in [-0.3, -0.25) is 4.90 Å². The molecule has 2 aliphatic rings. The van der Waals surface area contributed by atoms with E-state index in [1.54, 1.807) is 0 Å². The van der Waals surface area contributed by atoms with E-state index in [4.69, 9.17) is 5.73 Å². The zero-order chi connectivity index (χ0) is 12.0. The summed E-state index contributed by atoms with van der Waals surface area (Å²) in [6, 6.07) is 3.75. The van der Waals surface area contributed by atoms with Crippen molar-refractivity contribution in [2.45, 2.75) is 24.9 Å². The Labute approximate surface area is 99.4 Å². The molecule has 2 N–H and O–H groups in total. The maximum Gasteiger partial charge on any atom is 0.130 e. The minimum absolute atomic E-state index is 0.0451. The van der Waals surface area contributed by atoms with Crippen LogP contribution in [0.25, 0.3) is 0 Å². The molecule has 0 spiro atoms. The molecule has 92 valence electrons. The number of benzene rings is 1. The highest BCUT2D eigenvalue weighted by Gasteiger charge is 2.49. The lowest BCUT2D eigenvalue weighted by Gasteiger charge is -2.48. The zero-order valence-corrected chi connectivity index (χ0v) is 9.63. The predicted octanol–water partition coefficient (Wildman–Crippen LogP) is 1.89. The highest BCUT2D eigenvalue weighted by molar-refractivity contribution is 5.20. The summed E-state index contributed by atoms with van der Waals surface area (Å²) in [5.74, 6) is -0.330. The van der Waals surface area contributed by atoms with Crippen molar-refractivity contribution in [3.05, 3.63) is 35.4 Å². The Bertz CT molecular complexity index is 437. The first-order chi connectivity index (χ1) is 8.07. The molecule has 0 atom stereocenters. The summed E-state index contributed by atoms with van der Waals surface area (Å²) in [4.78, 5) is 2.12. The number of rotatable bonds is 3. The lowest BCUT2D eigenvalue weighted by molar-refractivity contribution is 0.0468. The second-order valence-corrected chi connectivity index (χ2v) is 5.39. The minimum atomic E-state index is -0.527. The van der Waals surface area contributed by atoms with Gasteiger partial charge < -0.3 is 5.73 Å². The molecule has 0 aromatic heterocycles. The molecule has 0 radical (unpaired) electrons. The van der Waals surface area contributed by atoms with Gasteiger partial charge >= 0.3 is 0 Å². The van der Waals surface area contributed by atoms with E-state index in [-0.39, 0.29) is 5.54 Å². The van der Waals surface area contributed by atoms with Crippen LogP contribution in [0, 0.1) is 17.6 Å². The van der Waals surface area contributed by atoms with E-state index in [0.717, 1.165) is 19.2 Å². The van der Waals surface area contributed by atoms with Crippen molar-refractivity contribution < 1.29 is 8.78 Å². The largest absolute Gasteiger partial charge is 0.323 e. The molecule has 1 aliphatic carbocycles. The highest BCUT2D eigenvalue weighted by atomic mass is 19.1. The standard InChI is InChI=1S/C13H16F2N2/c14-11-4-1-9(12(15)5-11)6-17-7-13(16,8-17)10-2-3-10/h1,4-5,10H,2-3,6-8,16H2. The lowest BCUT2D eigenvalue weighted by Crippen LogP contribution is -2.68. The molecule has 1 aromatic rings. The Kier molecular flexibility index (Phi) is 2.45. The van der Waals surface area contributed by atoms with Crippen molar-refractivity contribution in [2.75, 3.05) is 13.1 Å². The number of nitrogens with zero attached hydrogens (tertiary/aromatic N) is 1. The summed E-state index contributed by atoms with van der Waals surface area (Å²) in [5, 5.41) is 0. The summed E-state index contributed by atoms with van der Waals surface area (Å²) in [6.45, 7) is 2.18. The Morgan fingerprint density at radius 1 is 1.29 bits per heavy atom. The number of hydrogen-bond donors (Lipinski definition) is 1. The van der Waals surface area contributed by atoms with Gasteiger partial charge in [0.15, 0.2) is 0 Å². The van der Waals surface area contributed by atoms with Crippen LogP contribution in [0.4, 0.5) is 8.78 Å². The summed E-state index contributed by atoms with van der Waals surface area (Å²) >= 11 is 0. The van der Waals surface area contributed by atoms with Gasteiger partial charge in [-0.15, -0.1) is 0 Å². The van der Waals surface area contributed by atoms with E-state index in [1.807, 2.05) is 0 Å². The molecule has 17 heavy (non-hydrogen) atoms. The second-order valence-electron chi connectivity index (χ2n) is 5.39. The fourth-order valence-electron chi connectivity index (χ4n) is 2.71. The van der Waals surface area contributed by atoms with E-state index in [0.29, 0.717) is 18.0 Å². The molecule has 1 aliphatic heterocycles. The maximum atomic E-state index is 13.4. The Morgan fingerprint density at radius 2 is 2.00 bits per heavy atom. The van der Waals surface area contributed by atoms with Crippen LogP contribution >= 0.6 is 0 Å². The van der Waals surface area contributed by atoms with Crippen LogP contribution in [0.2, 0.25) is 0 Å². The number of nitrogens with two attached hydrogens (primary N) is 1. The van der Waals surface area contributed by atoms with E-state index in [9.17, 15) is 8.78 Å². The minimum Gasteiger partial charge on any atom is -0.323 e. The van der Waals surface area contributed by atoms with Crippen LogP contribution < -0.4 is 5.73 Å². The second kappa shape index (κ2) is 3.75. The molecule has 1 saturated heterocycles. The van der Waals surface area contributed by atoms with Gasteiger partial charge in [0.05, 0.1) is 0 Å². The molecule has 1 aromatic carbocycles. The third-order valence-corrected chi connectivity index (χ3v) is 3.84. The molecule has 3 rings (SSSR count). The number of likely N-dealkylation sites (tertiary alicyclic amines) is 1. The Balaban J connectivity index is 1.61. The van der Waals surface area contributed by atoms with Crippen LogP contribution in [0.5, 0.6) is 0 Å². The van der Waals surface area contributed by atoms with Gasteiger partial charge in [-0.1, -0.05) is 6.07 Å². The third-order valence-electron chi connectivity index (χ3n) is 3.84. The molecule has 4 heteroatoms. The first-order valence-corrected chi connectivity index (χ1v) is 6.02. The smallest absolute Gasteiger partial charge is 0.130 e. The van der Waals surface area contributed by atoms with Gasteiger partial charge in [0.2, 0.25) is 0 Å². The number of halogens is 2. The SMILES string of the molecule is NC1(C2CC2)CN(Cc2ccc(F)cc2F)C1. The predicted molar refractivity (Wildman–Crippen MR) is 61.3 cm³/mol. The average Bonchev–Trinajstić information content (AvgIpc) is 3.02. The average molecular weight is 238 g/mol. The van der Waals surface area contributed by atoms with Crippen molar-refractivity contribution in [3.63, 3.8) is 0 Å². The quantitative estimate of drug-likeness (QED) is 0.871. The van der Waals surface area contributed by atoms with Crippen LogP contribution in [0.1, 0.15) is 18.4 Å². The molecule has 0 bridgehead atoms. The van der Waals surface area contributed by atoms with Crippen LogP contribution in [-0.4, -0.2) is 23.5 Å². The fourth-order valence-corrected chi connectivity index (χ4v) is 2.71. The van der Waals surface area contributed by atoms with Gasteiger partial charge in [0, 0.05) is 36.8 Å². The van der Waals surface area contributed by atoms with Gasteiger partial charge in [-0.2, -0.15) is 0 Å². The topological polar surface area (TPSA) is 29.3 Å². The van der Waals surface area contributed by atoms with Gasteiger partial charge in [-0.05, 0) is 24.8 Å². The molecular weight excluding hydrogens is 222 g/mol.